The van der Waals surface area contributed by atoms with Gasteiger partial charge in [0.2, 0.25) is 0 Å². The normalized spacial score (nSPS) is 16.4. The van der Waals surface area contributed by atoms with Gasteiger partial charge in [-0.2, -0.15) is 13.2 Å². The molecule has 1 amide bonds. The first-order valence-corrected chi connectivity index (χ1v) is 14.7. The number of sulfone groups is 1. The Morgan fingerprint density at radius 1 is 1.15 bits per heavy atom. The van der Waals surface area contributed by atoms with Gasteiger partial charge in [0.25, 0.3) is 5.91 Å². The summed E-state index contributed by atoms with van der Waals surface area (Å²) in [5.41, 5.74) is 2.51. The van der Waals surface area contributed by atoms with E-state index >= 15 is 0 Å². The fourth-order valence-corrected chi connectivity index (χ4v) is 5.91. The van der Waals surface area contributed by atoms with Crippen molar-refractivity contribution in [3.63, 3.8) is 0 Å². The molecule has 0 spiro atoms. The summed E-state index contributed by atoms with van der Waals surface area (Å²) in [5.74, 6) is 0.129. The van der Waals surface area contributed by atoms with Gasteiger partial charge >= 0.3 is 6.18 Å². The van der Waals surface area contributed by atoms with Gasteiger partial charge in [-0.05, 0) is 65.9 Å². The van der Waals surface area contributed by atoms with Crippen LogP contribution in [0.1, 0.15) is 70.4 Å². The number of benzene rings is 2. The third-order valence-electron chi connectivity index (χ3n) is 7.33. The highest BCUT2D eigenvalue weighted by Gasteiger charge is 2.33. The summed E-state index contributed by atoms with van der Waals surface area (Å²) in [4.78, 5) is 19.4. The minimum Gasteiger partial charge on any atom is -0.394 e. The van der Waals surface area contributed by atoms with E-state index in [0.29, 0.717) is 35.6 Å². The van der Waals surface area contributed by atoms with E-state index < -0.39 is 33.5 Å². The van der Waals surface area contributed by atoms with Crippen LogP contribution in [0.25, 0.3) is 0 Å². The Morgan fingerprint density at radius 2 is 1.85 bits per heavy atom. The van der Waals surface area contributed by atoms with Crippen molar-refractivity contribution < 1.29 is 31.5 Å². The number of fused-ring (bicyclic) bond motifs is 1. The Morgan fingerprint density at radius 3 is 2.42 bits per heavy atom. The Hall–Kier alpha value is -3.44. The summed E-state index contributed by atoms with van der Waals surface area (Å²) in [6.07, 6.45) is -2.83. The number of nitrogens with zero attached hydrogens (tertiary/aromatic N) is 2. The second-order valence-electron chi connectivity index (χ2n) is 9.94. The van der Waals surface area contributed by atoms with Crippen LogP contribution in [0.5, 0.6) is 0 Å². The van der Waals surface area contributed by atoms with Gasteiger partial charge in [-0.25, -0.2) is 13.4 Å². The molecule has 4 rings (SSSR count). The predicted octanol–water partition coefficient (Wildman–Crippen LogP) is 5.18. The molecule has 0 bridgehead atoms. The largest absolute Gasteiger partial charge is 0.417 e. The number of halogens is 3. The molecule has 2 N–H and O–H groups in total. The maximum Gasteiger partial charge on any atom is 0.417 e. The fraction of sp³-hybridized carbons (Fsp3) is 0.379. The number of aryl methyl sites for hydroxylation is 1. The van der Waals surface area contributed by atoms with Gasteiger partial charge < -0.3 is 15.3 Å². The van der Waals surface area contributed by atoms with E-state index in [-0.39, 0.29) is 23.2 Å². The molecular weight excluding hydrogens is 543 g/mol. The van der Waals surface area contributed by atoms with Crippen LogP contribution in [-0.2, 0) is 22.6 Å². The summed E-state index contributed by atoms with van der Waals surface area (Å²) < 4.78 is 63.6. The third kappa shape index (κ3) is 6.15. The maximum atomic E-state index is 13.2. The zero-order valence-corrected chi connectivity index (χ0v) is 23.3. The topological polar surface area (TPSA) is 99.6 Å². The summed E-state index contributed by atoms with van der Waals surface area (Å²) in [6, 6.07) is 11.8. The Balaban J connectivity index is 1.56. The number of nitrogens with one attached hydrogen (secondary N) is 1. The smallest absolute Gasteiger partial charge is 0.394 e. The summed E-state index contributed by atoms with van der Waals surface area (Å²) in [5, 5.41) is 12.8. The first kappa shape index (κ1) is 29.5. The molecule has 40 heavy (non-hydrogen) atoms. The Bertz CT molecular complexity index is 1490. The molecular formula is C29H32F3N3O4S. The van der Waals surface area contributed by atoms with E-state index in [9.17, 15) is 31.5 Å². The van der Waals surface area contributed by atoms with Gasteiger partial charge in [0, 0.05) is 30.8 Å². The molecule has 2 aromatic carbocycles. The standard InChI is InChI=1S/C29H32F3N3O4S/c1-4-19-15-35(27-18(3)12-23(14-33-27)29(30,31)32)16-22-13-21(8-11-25(19)22)28(37)34-26(17-36)20-6-9-24(10-7-20)40(38,39)5-2/h6-14,19,26,36H,4-5,15-17H2,1-3H3,(H,34,37)/t19-,26?/m1/s1. The molecule has 1 aliphatic rings. The molecule has 0 radical (unpaired) electrons. The van der Waals surface area contributed by atoms with Crippen molar-refractivity contribution in [1.82, 2.24) is 10.3 Å². The zero-order valence-electron chi connectivity index (χ0n) is 22.5. The lowest BCUT2D eigenvalue weighted by molar-refractivity contribution is -0.137. The Kier molecular flexibility index (Phi) is 8.55. The van der Waals surface area contributed by atoms with Crippen LogP contribution in [0.3, 0.4) is 0 Å². The van der Waals surface area contributed by atoms with Crippen LogP contribution in [0, 0.1) is 6.92 Å². The molecule has 1 unspecified atom stereocenters. The molecule has 1 aromatic heterocycles. The number of aliphatic hydroxyl groups excluding tert-OH is 1. The van der Waals surface area contributed by atoms with Crippen molar-refractivity contribution in [3.05, 3.63) is 88.1 Å². The van der Waals surface area contributed by atoms with Crippen molar-refractivity contribution >= 4 is 21.6 Å². The molecule has 0 saturated carbocycles. The van der Waals surface area contributed by atoms with Gasteiger partial charge in [0.05, 0.1) is 28.9 Å². The number of pyridine rings is 1. The summed E-state index contributed by atoms with van der Waals surface area (Å²) in [6.45, 7) is 5.78. The van der Waals surface area contributed by atoms with Crippen molar-refractivity contribution in [2.45, 2.75) is 56.8 Å². The van der Waals surface area contributed by atoms with Crippen LogP contribution in [0.2, 0.25) is 0 Å². The van der Waals surface area contributed by atoms with Gasteiger partial charge in [-0.15, -0.1) is 0 Å². The molecule has 11 heteroatoms. The number of rotatable bonds is 8. The minimum absolute atomic E-state index is 0.0321. The molecule has 7 nitrogen and oxygen atoms in total. The van der Waals surface area contributed by atoms with Crippen molar-refractivity contribution in [3.8, 4) is 0 Å². The van der Waals surface area contributed by atoms with Crippen LogP contribution < -0.4 is 10.2 Å². The molecule has 3 aromatic rings. The van der Waals surface area contributed by atoms with Crippen LogP contribution >= 0.6 is 0 Å². The number of aliphatic hydroxyl groups is 1. The van der Waals surface area contributed by atoms with Gasteiger partial charge in [-0.1, -0.05) is 32.0 Å². The maximum absolute atomic E-state index is 13.2. The monoisotopic (exact) mass is 575 g/mol. The molecule has 214 valence electrons. The van der Waals surface area contributed by atoms with E-state index in [1.54, 1.807) is 38.1 Å². The van der Waals surface area contributed by atoms with Crippen LogP contribution in [0.15, 0.2) is 59.6 Å². The average Bonchev–Trinajstić information content (AvgIpc) is 2.94. The quantitative estimate of drug-likeness (QED) is 0.384. The van der Waals surface area contributed by atoms with E-state index in [1.165, 1.54) is 12.1 Å². The molecule has 0 aliphatic carbocycles. The number of alkyl halides is 3. The highest BCUT2D eigenvalue weighted by molar-refractivity contribution is 7.91. The zero-order chi connectivity index (χ0) is 29.2. The van der Waals surface area contributed by atoms with Gasteiger partial charge in [0.1, 0.15) is 5.82 Å². The molecule has 1 aliphatic heterocycles. The molecule has 2 heterocycles. The van der Waals surface area contributed by atoms with Gasteiger partial charge in [-0.3, -0.25) is 4.79 Å². The molecule has 0 fully saturated rings. The van der Waals surface area contributed by atoms with E-state index in [1.807, 2.05) is 17.9 Å². The second-order valence-corrected chi connectivity index (χ2v) is 12.2. The predicted molar refractivity (Wildman–Crippen MR) is 146 cm³/mol. The van der Waals surface area contributed by atoms with E-state index in [2.05, 4.69) is 10.3 Å². The Labute approximate surface area is 232 Å². The third-order valence-corrected chi connectivity index (χ3v) is 9.08. The number of carbonyl (C=O) groups is 1. The van der Waals surface area contributed by atoms with Crippen molar-refractivity contribution in [2.24, 2.45) is 0 Å². The number of amides is 1. The summed E-state index contributed by atoms with van der Waals surface area (Å²) in [7, 11) is -3.37. The number of hydrogen-bond donors (Lipinski definition) is 2. The van der Waals surface area contributed by atoms with E-state index in [0.717, 1.165) is 29.8 Å². The molecule has 2 atom stereocenters. The number of carbonyl (C=O) groups excluding carboxylic acids is 1. The summed E-state index contributed by atoms with van der Waals surface area (Å²) >= 11 is 0. The average molecular weight is 576 g/mol. The van der Waals surface area contributed by atoms with E-state index in [4.69, 9.17) is 0 Å². The van der Waals surface area contributed by atoms with Crippen molar-refractivity contribution in [2.75, 3.05) is 23.8 Å². The first-order valence-electron chi connectivity index (χ1n) is 13.0. The SMILES string of the molecule is CC[C@@H]1CN(c2ncc(C(F)(F)F)cc2C)Cc2cc(C(=O)NC(CO)c3ccc(S(=O)(=O)CC)cc3)ccc21. The lowest BCUT2D eigenvalue weighted by Crippen LogP contribution is -2.35. The molecule has 0 saturated heterocycles. The number of aromatic nitrogens is 1. The fourth-order valence-electron chi connectivity index (χ4n) is 5.03. The lowest BCUT2D eigenvalue weighted by atomic mass is 9.86. The highest BCUT2D eigenvalue weighted by Crippen LogP contribution is 2.36. The highest BCUT2D eigenvalue weighted by atomic mass is 32.2. The minimum atomic E-state index is -4.47. The van der Waals surface area contributed by atoms with Gasteiger partial charge in [0.15, 0.2) is 9.84 Å². The van der Waals surface area contributed by atoms with Crippen molar-refractivity contribution in [1.29, 1.82) is 0 Å². The van der Waals surface area contributed by atoms with Crippen LogP contribution in [0.4, 0.5) is 19.0 Å². The van der Waals surface area contributed by atoms with Crippen LogP contribution in [-0.4, -0.2) is 43.3 Å². The number of hydrogen-bond acceptors (Lipinski definition) is 6. The second kappa shape index (κ2) is 11.6. The lowest BCUT2D eigenvalue weighted by Gasteiger charge is -2.36. The first-order chi connectivity index (χ1) is 18.9. The number of anilines is 1.